The van der Waals surface area contributed by atoms with Gasteiger partial charge in [-0.25, -0.2) is 4.39 Å². The summed E-state index contributed by atoms with van der Waals surface area (Å²) in [5.41, 5.74) is 1.75. The molecule has 0 saturated carbocycles. The summed E-state index contributed by atoms with van der Waals surface area (Å²) in [7, 11) is 0. The maximum atomic E-state index is 13.5. The molecule has 4 heteroatoms. The number of hydrogen-bond acceptors (Lipinski definition) is 3. The first-order valence-electron chi connectivity index (χ1n) is 6.99. The number of halogens is 1. The molecule has 108 valence electrons. The molecule has 0 bridgehead atoms. The van der Waals surface area contributed by atoms with Crippen molar-refractivity contribution >= 4 is 5.78 Å². The first-order valence-corrected chi connectivity index (χ1v) is 6.99. The van der Waals surface area contributed by atoms with Crippen LogP contribution in [0.25, 0.3) is 11.1 Å². The summed E-state index contributed by atoms with van der Waals surface area (Å²) in [5, 5.41) is 12.7. The number of carbonyl (C=O) groups excluding carboxylic acids is 1. The monoisotopic (exact) mass is 285 g/mol. The first-order chi connectivity index (χ1) is 10.1. The maximum Gasteiger partial charge on any atom is 0.167 e. The molecular weight excluding hydrogens is 269 g/mol. The van der Waals surface area contributed by atoms with Crippen molar-refractivity contribution in [2.75, 3.05) is 13.1 Å². The molecule has 1 aliphatic rings. The van der Waals surface area contributed by atoms with Gasteiger partial charge >= 0.3 is 0 Å². The van der Waals surface area contributed by atoms with Gasteiger partial charge in [-0.15, -0.1) is 0 Å². The fourth-order valence-electron chi connectivity index (χ4n) is 2.78. The van der Waals surface area contributed by atoms with Gasteiger partial charge < -0.3 is 10.4 Å². The zero-order valence-electron chi connectivity index (χ0n) is 11.5. The second kappa shape index (κ2) is 5.66. The van der Waals surface area contributed by atoms with Crippen molar-refractivity contribution in [2.24, 2.45) is 5.92 Å². The van der Waals surface area contributed by atoms with E-state index < -0.39 is 5.82 Å². The van der Waals surface area contributed by atoms with Crippen LogP contribution >= 0.6 is 0 Å². The van der Waals surface area contributed by atoms with Crippen LogP contribution in [0.2, 0.25) is 0 Å². The molecule has 2 aromatic rings. The third-order valence-corrected chi connectivity index (χ3v) is 3.82. The van der Waals surface area contributed by atoms with Crippen LogP contribution in [0.4, 0.5) is 4.39 Å². The van der Waals surface area contributed by atoms with Crippen molar-refractivity contribution in [3.05, 3.63) is 53.8 Å². The highest BCUT2D eigenvalue weighted by atomic mass is 19.1. The number of rotatable bonds is 3. The standard InChI is InChI=1S/C17H16FNO2/c18-13-7-12(8-14(20)9-13)15-3-1-2-4-16(15)17(21)11-5-6-19-10-11/h1-4,7-9,11,19-20H,5-6,10H2. The van der Waals surface area contributed by atoms with Crippen LogP contribution in [0.3, 0.4) is 0 Å². The number of nitrogens with one attached hydrogen (secondary N) is 1. The van der Waals surface area contributed by atoms with Crippen molar-refractivity contribution < 1.29 is 14.3 Å². The van der Waals surface area contributed by atoms with E-state index in [9.17, 15) is 14.3 Å². The molecule has 0 aromatic heterocycles. The zero-order valence-corrected chi connectivity index (χ0v) is 11.5. The van der Waals surface area contributed by atoms with E-state index in [1.165, 1.54) is 12.1 Å². The van der Waals surface area contributed by atoms with Crippen molar-refractivity contribution in [1.29, 1.82) is 0 Å². The van der Waals surface area contributed by atoms with E-state index in [0.717, 1.165) is 19.0 Å². The van der Waals surface area contributed by atoms with Crippen LogP contribution in [-0.2, 0) is 0 Å². The molecule has 1 unspecified atom stereocenters. The van der Waals surface area contributed by atoms with Gasteiger partial charge in [0.2, 0.25) is 0 Å². The average molecular weight is 285 g/mol. The van der Waals surface area contributed by atoms with E-state index in [4.69, 9.17) is 0 Å². The van der Waals surface area contributed by atoms with E-state index in [0.29, 0.717) is 23.2 Å². The minimum atomic E-state index is -0.519. The molecule has 3 nitrogen and oxygen atoms in total. The predicted molar refractivity (Wildman–Crippen MR) is 78.8 cm³/mol. The SMILES string of the molecule is O=C(c1ccccc1-c1cc(O)cc(F)c1)C1CCNC1. The molecule has 21 heavy (non-hydrogen) atoms. The molecule has 1 aliphatic heterocycles. The van der Waals surface area contributed by atoms with Crippen LogP contribution in [0.1, 0.15) is 16.8 Å². The lowest BCUT2D eigenvalue weighted by molar-refractivity contribution is 0.0931. The van der Waals surface area contributed by atoms with Crippen LogP contribution in [0.15, 0.2) is 42.5 Å². The number of benzene rings is 2. The van der Waals surface area contributed by atoms with E-state index in [1.54, 1.807) is 24.3 Å². The Kier molecular flexibility index (Phi) is 3.71. The summed E-state index contributed by atoms with van der Waals surface area (Å²) >= 11 is 0. The first kappa shape index (κ1) is 13.8. The minimum absolute atomic E-state index is 0.0340. The number of aromatic hydroxyl groups is 1. The molecule has 1 atom stereocenters. The Morgan fingerprint density at radius 2 is 2.05 bits per heavy atom. The van der Waals surface area contributed by atoms with E-state index in [1.807, 2.05) is 0 Å². The molecule has 0 spiro atoms. The van der Waals surface area contributed by atoms with Crippen molar-refractivity contribution in [3.63, 3.8) is 0 Å². The second-order valence-corrected chi connectivity index (χ2v) is 5.30. The lowest BCUT2D eigenvalue weighted by Crippen LogP contribution is -2.18. The van der Waals surface area contributed by atoms with Crippen LogP contribution in [0.5, 0.6) is 5.75 Å². The highest BCUT2D eigenvalue weighted by molar-refractivity contribution is 6.04. The Morgan fingerprint density at radius 1 is 1.24 bits per heavy atom. The molecular formula is C17H16FNO2. The Hall–Kier alpha value is -2.20. The topological polar surface area (TPSA) is 49.3 Å². The minimum Gasteiger partial charge on any atom is -0.508 e. The van der Waals surface area contributed by atoms with Crippen LogP contribution in [0, 0.1) is 11.7 Å². The third-order valence-electron chi connectivity index (χ3n) is 3.82. The molecule has 2 N–H and O–H groups in total. The third kappa shape index (κ3) is 2.81. The van der Waals surface area contributed by atoms with Crippen molar-refractivity contribution in [2.45, 2.75) is 6.42 Å². The van der Waals surface area contributed by atoms with Crippen molar-refractivity contribution in [3.8, 4) is 16.9 Å². The fraction of sp³-hybridized carbons (Fsp3) is 0.235. The quantitative estimate of drug-likeness (QED) is 0.852. The van der Waals surface area contributed by atoms with Crippen LogP contribution in [-0.4, -0.2) is 24.0 Å². The maximum absolute atomic E-state index is 13.5. The average Bonchev–Trinajstić information content (AvgIpc) is 2.99. The van der Waals surface area contributed by atoms with E-state index in [-0.39, 0.29) is 17.5 Å². The number of carbonyl (C=O) groups is 1. The predicted octanol–water partition coefficient (Wildman–Crippen LogP) is 2.99. The zero-order chi connectivity index (χ0) is 14.8. The smallest absolute Gasteiger partial charge is 0.167 e. The van der Waals surface area contributed by atoms with Gasteiger partial charge in [-0.05, 0) is 36.2 Å². The van der Waals surface area contributed by atoms with Gasteiger partial charge in [0.05, 0.1) is 0 Å². The van der Waals surface area contributed by atoms with Gasteiger partial charge in [-0.2, -0.15) is 0 Å². The summed E-state index contributed by atoms with van der Waals surface area (Å²) < 4.78 is 13.5. The van der Waals surface area contributed by atoms with Crippen LogP contribution < -0.4 is 5.32 Å². The van der Waals surface area contributed by atoms with Gasteiger partial charge in [-0.3, -0.25) is 4.79 Å². The summed E-state index contributed by atoms with van der Waals surface area (Å²) in [6.07, 6.45) is 0.821. The Bertz CT molecular complexity index is 658. The molecule has 2 aromatic carbocycles. The van der Waals surface area contributed by atoms with Gasteiger partial charge in [0.25, 0.3) is 0 Å². The summed E-state index contributed by atoms with van der Waals surface area (Å²) in [4.78, 5) is 12.6. The Balaban J connectivity index is 2.04. The lowest BCUT2D eigenvalue weighted by Gasteiger charge is -2.13. The lowest BCUT2D eigenvalue weighted by atomic mass is 9.90. The second-order valence-electron chi connectivity index (χ2n) is 5.30. The number of phenols is 1. The van der Waals surface area contributed by atoms with Gasteiger partial charge in [-0.1, -0.05) is 24.3 Å². The molecule has 0 radical (unpaired) electrons. The number of Topliss-reactive ketones (excluding diaryl/α,β-unsaturated/α-hetero) is 1. The summed E-state index contributed by atoms with van der Waals surface area (Å²) in [6.45, 7) is 1.53. The number of ketones is 1. The Morgan fingerprint density at radius 3 is 2.76 bits per heavy atom. The molecule has 0 aliphatic carbocycles. The Labute approximate surface area is 122 Å². The molecule has 1 heterocycles. The number of hydrogen-bond donors (Lipinski definition) is 2. The highest BCUT2D eigenvalue weighted by Gasteiger charge is 2.25. The number of phenolic OH excluding ortho intramolecular Hbond substituents is 1. The molecule has 1 saturated heterocycles. The highest BCUT2D eigenvalue weighted by Crippen LogP contribution is 2.30. The normalized spacial score (nSPS) is 17.9. The fourth-order valence-corrected chi connectivity index (χ4v) is 2.78. The molecule has 3 rings (SSSR count). The van der Waals surface area contributed by atoms with Gasteiger partial charge in [0, 0.05) is 24.1 Å². The van der Waals surface area contributed by atoms with Gasteiger partial charge in [0.1, 0.15) is 11.6 Å². The van der Waals surface area contributed by atoms with E-state index in [2.05, 4.69) is 5.32 Å². The molecule has 0 amide bonds. The summed E-state index contributed by atoms with van der Waals surface area (Å²) in [6, 6.07) is 11.0. The summed E-state index contributed by atoms with van der Waals surface area (Å²) in [5.74, 6) is -0.628. The van der Waals surface area contributed by atoms with Crippen molar-refractivity contribution in [1.82, 2.24) is 5.32 Å². The van der Waals surface area contributed by atoms with Gasteiger partial charge in [0.15, 0.2) is 5.78 Å². The molecule has 1 fully saturated rings. The largest absolute Gasteiger partial charge is 0.508 e. The van der Waals surface area contributed by atoms with E-state index >= 15 is 0 Å².